The van der Waals surface area contributed by atoms with Crippen LogP contribution in [0.4, 0.5) is 5.82 Å². The Morgan fingerprint density at radius 1 is 1.20 bits per heavy atom. The van der Waals surface area contributed by atoms with Crippen LogP contribution < -0.4 is 5.32 Å². The van der Waals surface area contributed by atoms with E-state index in [0.29, 0.717) is 5.69 Å². The van der Waals surface area contributed by atoms with Crippen molar-refractivity contribution in [2.45, 2.75) is 24.8 Å². The molecule has 130 valence electrons. The molecule has 7 nitrogen and oxygen atoms in total. The fraction of sp³-hybridized carbons (Fsp3) is 0.235. The second-order valence-corrected chi connectivity index (χ2v) is 7.48. The van der Waals surface area contributed by atoms with Crippen LogP contribution in [0.2, 0.25) is 0 Å². The summed E-state index contributed by atoms with van der Waals surface area (Å²) >= 11 is 0. The zero-order valence-corrected chi connectivity index (χ0v) is 14.6. The maximum absolute atomic E-state index is 12.8. The van der Waals surface area contributed by atoms with Crippen molar-refractivity contribution in [2.24, 2.45) is 0 Å². The number of benzene rings is 1. The van der Waals surface area contributed by atoms with Crippen molar-refractivity contribution in [3.63, 3.8) is 0 Å². The molecule has 1 unspecified atom stereocenters. The summed E-state index contributed by atoms with van der Waals surface area (Å²) in [6.45, 7) is 3.35. The van der Waals surface area contributed by atoms with Crippen molar-refractivity contribution >= 4 is 27.5 Å². The number of nitrogens with one attached hydrogen (secondary N) is 1. The minimum atomic E-state index is -3.93. The summed E-state index contributed by atoms with van der Waals surface area (Å²) in [5, 5.41) is 2.54. The summed E-state index contributed by atoms with van der Waals surface area (Å²) in [7, 11) is -3.93. The van der Waals surface area contributed by atoms with E-state index in [9.17, 15) is 18.0 Å². The van der Waals surface area contributed by atoms with Crippen LogP contribution in [0, 0.1) is 6.92 Å². The number of anilines is 1. The quantitative estimate of drug-likeness (QED) is 0.840. The maximum Gasteiger partial charge on any atom is 0.252 e. The summed E-state index contributed by atoms with van der Waals surface area (Å²) in [5.41, 5.74) is 0.725. The number of rotatable bonds is 3. The van der Waals surface area contributed by atoms with Crippen molar-refractivity contribution in [3.8, 4) is 0 Å². The van der Waals surface area contributed by atoms with Crippen molar-refractivity contribution in [1.29, 1.82) is 0 Å². The van der Waals surface area contributed by atoms with Gasteiger partial charge in [0, 0.05) is 17.8 Å². The number of hydrogen-bond donors (Lipinski definition) is 1. The molecule has 0 saturated carbocycles. The standard InChI is InChI=1S/C17H17N3O4S/c1-3-20-15(17(22)19-14-10-6-7-11(2)18-14)16(21)12-8-4-5-9-13(12)25(20,23)24/h4-10,15H,3H2,1-2H3,(H,18,19,22). The number of aryl methyl sites for hydroxylation is 1. The van der Waals surface area contributed by atoms with E-state index in [1.165, 1.54) is 12.1 Å². The number of hydrogen-bond acceptors (Lipinski definition) is 5. The van der Waals surface area contributed by atoms with Crippen molar-refractivity contribution in [1.82, 2.24) is 9.29 Å². The largest absolute Gasteiger partial charge is 0.309 e. The number of Topliss-reactive ketones (excluding diaryl/α,β-unsaturated/α-hetero) is 1. The lowest BCUT2D eigenvalue weighted by molar-refractivity contribution is -0.118. The Bertz CT molecular complexity index is 956. The lowest BCUT2D eigenvalue weighted by Crippen LogP contribution is -2.55. The minimum absolute atomic E-state index is 0.00173. The minimum Gasteiger partial charge on any atom is -0.309 e. The van der Waals surface area contributed by atoms with E-state index in [1.54, 1.807) is 44.2 Å². The highest BCUT2D eigenvalue weighted by Crippen LogP contribution is 2.30. The Kier molecular flexibility index (Phi) is 4.40. The first-order valence-electron chi connectivity index (χ1n) is 7.76. The second-order valence-electron chi connectivity index (χ2n) is 5.62. The molecule has 2 heterocycles. The molecular formula is C17H17N3O4S. The fourth-order valence-electron chi connectivity index (χ4n) is 2.85. The second kappa shape index (κ2) is 6.38. The van der Waals surface area contributed by atoms with E-state index < -0.39 is 27.8 Å². The first kappa shape index (κ1) is 17.2. The zero-order valence-electron chi connectivity index (χ0n) is 13.8. The van der Waals surface area contributed by atoms with Gasteiger partial charge in [-0.3, -0.25) is 9.59 Å². The van der Waals surface area contributed by atoms with E-state index >= 15 is 0 Å². The van der Waals surface area contributed by atoms with Crippen molar-refractivity contribution in [3.05, 3.63) is 53.7 Å². The highest BCUT2D eigenvalue weighted by atomic mass is 32.2. The number of carbonyl (C=O) groups is 2. The number of fused-ring (bicyclic) bond motifs is 1. The highest BCUT2D eigenvalue weighted by molar-refractivity contribution is 7.89. The Morgan fingerprint density at radius 3 is 2.60 bits per heavy atom. The molecule has 1 N–H and O–H groups in total. The topological polar surface area (TPSA) is 96.4 Å². The lowest BCUT2D eigenvalue weighted by atomic mass is 10.0. The van der Waals surface area contributed by atoms with E-state index in [1.807, 2.05) is 0 Å². The van der Waals surface area contributed by atoms with Crippen molar-refractivity contribution < 1.29 is 18.0 Å². The van der Waals surface area contributed by atoms with Gasteiger partial charge in [0.05, 0.1) is 4.90 Å². The monoisotopic (exact) mass is 359 g/mol. The number of sulfonamides is 1. The van der Waals surface area contributed by atoms with Gasteiger partial charge in [-0.05, 0) is 31.2 Å². The van der Waals surface area contributed by atoms with Gasteiger partial charge in [-0.1, -0.05) is 25.1 Å². The highest BCUT2D eigenvalue weighted by Gasteiger charge is 2.46. The molecule has 2 aromatic rings. The summed E-state index contributed by atoms with van der Waals surface area (Å²) in [6.07, 6.45) is 0. The third-order valence-corrected chi connectivity index (χ3v) is 5.97. The molecule has 0 bridgehead atoms. The third kappa shape index (κ3) is 2.94. The predicted octanol–water partition coefficient (Wildman–Crippen LogP) is 1.60. The molecule has 1 aliphatic rings. The lowest BCUT2D eigenvalue weighted by Gasteiger charge is -2.32. The first-order valence-corrected chi connectivity index (χ1v) is 9.20. The van der Waals surface area contributed by atoms with Crippen LogP contribution in [0.5, 0.6) is 0 Å². The molecular weight excluding hydrogens is 342 g/mol. The molecule has 0 fully saturated rings. The van der Waals surface area contributed by atoms with Crippen LogP contribution in [0.15, 0.2) is 47.4 Å². The number of nitrogens with zero attached hydrogens (tertiary/aromatic N) is 2. The van der Waals surface area contributed by atoms with Crippen LogP contribution in [0.1, 0.15) is 23.0 Å². The number of likely N-dealkylation sites (N-methyl/N-ethyl adjacent to an activating group) is 1. The van der Waals surface area contributed by atoms with Gasteiger partial charge < -0.3 is 5.32 Å². The summed E-state index contributed by atoms with van der Waals surface area (Å²) in [5.74, 6) is -0.995. The number of carbonyl (C=O) groups excluding carboxylic acids is 2. The molecule has 8 heteroatoms. The molecule has 25 heavy (non-hydrogen) atoms. The van der Waals surface area contributed by atoms with Gasteiger partial charge in [-0.25, -0.2) is 13.4 Å². The van der Waals surface area contributed by atoms with E-state index in [2.05, 4.69) is 10.3 Å². The Balaban J connectivity index is 2.03. The van der Waals surface area contributed by atoms with Gasteiger partial charge in [-0.2, -0.15) is 4.31 Å². The predicted molar refractivity (Wildman–Crippen MR) is 91.7 cm³/mol. The van der Waals surface area contributed by atoms with Crippen LogP contribution in [0.3, 0.4) is 0 Å². The number of aromatic nitrogens is 1. The molecule has 0 spiro atoms. The van der Waals surface area contributed by atoms with Gasteiger partial charge in [0.1, 0.15) is 5.82 Å². The molecule has 3 rings (SSSR count). The molecule has 0 aliphatic carbocycles. The smallest absolute Gasteiger partial charge is 0.252 e. The number of pyridine rings is 1. The molecule has 1 aliphatic heterocycles. The van der Waals surface area contributed by atoms with Crippen LogP contribution in [0.25, 0.3) is 0 Å². The first-order chi connectivity index (χ1) is 11.9. The van der Waals surface area contributed by atoms with E-state index in [0.717, 1.165) is 4.31 Å². The molecule has 1 aromatic heterocycles. The molecule has 1 amide bonds. The average molecular weight is 359 g/mol. The Hall–Kier alpha value is -2.58. The van der Waals surface area contributed by atoms with Gasteiger partial charge in [-0.15, -0.1) is 0 Å². The van der Waals surface area contributed by atoms with Gasteiger partial charge >= 0.3 is 0 Å². The van der Waals surface area contributed by atoms with Crippen LogP contribution >= 0.6 is 0 Å². The molecule has 1 atom stereocenters. The Morgan fingerprint density at radius 2 is 1.92 bits per heavy atom. The summed E-state index contributed by atoms with van der Waals surface area (Å²) in [4.78, 5) is 29.5. The van der Waals surface area contributed by atoms with Crippen LogP contribution in [-0.4, -0.2) is 42.0 Å². The van der Waals surface area contributed by atoms with E-state index in [4.69, 9.17) is 0 Å². The van der Waals surface area contributed by atoms with Gasteiger partial charge in [0.2, 0.25) is 10.0 Å². The number of amides is 1. The SMILES string of the molecule is CCN1C(C(=O)Nc2cccc(C)n2)C(=O)c2ccccc2S1(=O)=O. The third-order valence-electron chi connectivity index (χ3n) is 3.98. The normalized spacial score (nSPS) is 19.3. The molecule has 1 aromatic carbocycles. The summed E-state index contributed by atoms with van der Waals surface area (Å²) < 4.78 is 26.5. The number of ketones is 1. The summed E-state index contributed by atoms with van der Waals surface area (Å²) in [6, 6.07) is 9.53. The molecule has 0 radical (unpaired) electrons. The average Bonchev–Trinajstić information content (AvgIpc) is 2.58. The maximum atomic E-state index is 12.8. The van der Waals surface area contributed by atoms with Crippen molar-refractivity contribution in [2.75, 3.05) is 11.9 Å². The van der Waals surface area contributed by atoms with Gasteiger partial charge in [0.15, 0.2) is 11.8 Å². The van der Waals surface area contributed by atoms with Gasteiger partial charge in [0.25, 0.3) is 5.91 Å². The zero-order chi connectivity index (χ0) is 18.2. The van der Waals surface area contributed by atoms with Crippen LogP contribution in [-0.2, 0) is 14.8 Å². The molecule has 0 saturated heterocycles. The van der Waals surface area contributed by atoms with E-state index in [-0.39, 0.29) is 22.8 Å². The Labute approximate surface area is 145 Å². The fourth-order valence-corrected chi connectivity index (χ4v) is 4.61.